The zero-order chi connectivity index (χ0) is 40.7. The molecule has 1 aromatic heterocycles. The number of benzene rings is 2. The second kappa shape index (κ2) is 18.5. The lowest BCUT2D eigenvalue weighted by molar-refractivity contribution is -0.146. The molecule has 3 fully saturated rings. The number of esters is 1. The van der Waals surface area contributed by atoms with Gasteiger partial charge in [-0.05, 0) is 93.5 Å². The Kier molecular flexibility index (Phi) is 13.7. The topological polar surface area (TPSA) is 88.1 Å². The molecule has 3 heterocycles. The maximum Gasteiger partial charge on any atom is 0.416 e. The number of rotatable bonds is 12. The third-order valence-electron chi connectivity index (χ3n) is 11.6. The minimum atomic E-state index is -5.01. The molecule has 3 atom stereocenters. The molecule has 1 amide bonds. The number of alkyl halides is 6. The van der Waals surface area contributed by atoms with Crippen molar-refractivity contribution in [2.45, 2.75) is 109 Å². The summed E-state index contributed by atoms with van der Waals surface area (Å²) in [6.07, 6.45) is -1.80. The van der Waals surface area contributed by atoms with Crippen molar-refractivity contribution >= 4 is 23.5 Å². The molecule has 9 nitrogen and oxygen atoms in total. The Morgan fingerprint density at radius 3 is 2.04 bits per heavy atom. The fourth-order valence-electron chi connectivity index (χ4n) is 8.69. The summed E-state index contributed by atoms with van der Waals surface area (Å²) in [4.78, 5) is 41.9. The fourth-order valence-corrected chi connectivity index (χ4v) is 8.69. The number of hydrogen-bond acceptors (Lipinski definition) is 8. The van der Waals surface area contributed by atoms with E-state index in [1.54, 1.807) is 24.2 Å². The molecule has 0 spiro atoms. The first-order valence-corrected chi connectivity index (χ1v) is 19.9. The van der Waals surface area contributed by atoms with Gasteiger partial charge in [0.2, 0.25) is 11.9 Å². The highest BCUT2D eigenvalue weighted by molar-refractivity contribution is 5.80. The fraction of sp³-hybridized carbons (Fsp3) is 0.571. The van der Waals surface area contributed by atoms with Crippen molar-refractivity contribution in [1.82, 2.24) is 14.9 Å². The molecule has 3 aromatic rings. The molecule has 2 saturated heterocycles. The van der Waals surface area contributed by atoms with Crippen LogP contribution in [0.15, 0.2) is 60.9 Å². The van der Waals surface area contributed by atoms with Gasteiger partial charge in [-0.25, -0.2) is 9.97 Å². The van der Waals surface area contributed by atoms with Crippen LogP contribution < -0.4 is 9.80 Å². The van der Waals surface area contributed by atoms with Gasteiger partial charge >= 0.3 is 18.3 Å². The first-order chi connectivity index (χ1) is 27.2. The second-order valence-corrected chi connectivity index (χ2v) is 15.4. The molecule has 57 heavy (non-hydrogen) atoms. The summed E-state index contributed by atoms with van der Waals surface area (Å²) < 4.78 is 94.8. The average Bonchev–Trinajstić information content (AvgIpc) is 3.20. The number of morpholine rings is 1. The van der Waals surface area contributed by atoms with E-state index in [0.717, 1.165) is 36.2 Å². The summed E-state index contributed by atoms with van der Waals surface area (Å²) in [5, 5.41) is 0. The van der Waals surface area contributed by atoms with Crippen LogP contribution in [-0.2, 0) is 44.4 Å². The molecular formula is C42H51F6N5O4. The van der Waals surface area contributed by atoms with E-state index in [1.807, 2.05) is 42.2 Å². The summed E-state index contributed by atoms with van der Waals surface area (Å²) in [5.74, 6) is -0.0901. The number of nitrogens with zero attached hydrogens (tertiary/aromatic N) is 5. The highest BCUT2D eigenvalue weighted by Gasteiger charge is 2.44. The summed E-state index contributed by atoms with van der Waals surface area (Å²) in [7, 11) is 0. The summed E-state index contributed by atoms with van der Waals surface area (Å²) >= 11 is 0. The van der Waals surface area contributed by atoms with Gasteiger partial charge in [-0.3, -0.25) is 9.59 Å². The van der Waals surface area contributed by atoms with Gasteiger partial charge < -0.3 is 24.2 Å². The molecule has 15 heteroatoms. The van der Waals surface area contributed by atoms with E-state index in [9.17, 15) is 35.9 Å². The Balaban J connectivity index is 1.34. The van der Waals surface area contributed by atoms with E-state index in [0.29, 0.717) is 77.9 Å². The van der Waals surface area contributed by atoms with Crippen LogP contribution in [0.1, 0.15) is 87.5 Å². The van der Waals surface area contributed by atoms with E-state index >= 15 is 0 Å². The first kappa shape index (κ1) is 42.2. The van der Waals surface area contributed by atoms with E-state index in [4.69, 9.17) is 9.47 Å². The molecule has 1 unspecified atom stereocenters. The molecule has 1 aliphatic carbocycles. The van der Waals surface area contributed by atoms with Gasteiger partial charge in [0.25, 0.3) is 0 Å². The SMILES string of the molecule is CCOC(=O)CC1CCC(C(=O)N2C(Cc3ccccc3)C[C@@H](N(Cc3cc(C(F)(F)F)cc(C(F)(F)F)c3)c3ncc(N4CCOCC4)cn3)C[C@H]2CC)CC1. The standard InChI is InChI=1S/C42H51F6N5O4/c1-3-34-23-35(24-36(20-28-8-6-5-7-9-28)53(34)39(55)31-12-10-29(11-13-31)21-38(54)57-4-2)52(40-49-25-37(26-50-40)51-14-16-56-17-15-51)27-30-18-32(41(43,44)45)22-33(19-30)42(46,47)48/h5-9,18-19,22,25-26,29,31,34-36H,3-4,10-17,20-21,23-24,27H2,1-2H3/t29?,31?,34-,35+,36?/m1/s1. The van der Waals surface area contributed by atoms with Crippen LogP contribution >= 0.6 is 0 Å². The van der Waals surface area contributed by atoms with Crippen LogP contribution in [0.3, 0.4) is 0 Å². The predicted molar refractivity (Wildman–Crippen MR) is 202 cm³/mol. The highest BCUT2D eigenvalue weighted by Crippen LogP contribution is 2.40. The Hall–Kier alpha value is -4.40. The zero-order valence-corrected chi connectivity index (χ0v) is 32.4. The molecule has 2 aliphatic heterocycles. The maximum atomic E-state index is 14.6. The summed E-state index contributed by atoms with van der Waals surface area (Å²) in [6, 6.07) is 10.3. The minimum absolute atomic E-state index is 0.0428. The largest absolute Gasteiger partial charge is 0.466 e. The minimum Gasteiger partial charge on any atom is -0.466 e. The first-order valence-electron chi connectivity index (χ1n) is 19.9. The number of anilines is 2. The van der Waals surface area contributed by atoms with Crippen molar-refractivity contribution in [3.8, 4) is 0 Å². The van der Waals surface area contributed by atoms with Crippen molar-refractivity contribution in [2.75, 3.05) is 42.7 Å². The number of aromatic nitrogens is 2. The highest BCUT2D eigenvalue weighted by atomic mass is 19.4. The molecule has 310 valence electrons. The van der Waals surface area contributed by atoms with Crippen LogP contribution in [0.4, 0.5) is 38.0 Å². The third kappa shape index (κ3) is 10.8. The van der Waals surface area contributed by atoms with Crippen molar-refractivity contribution in [3.05, 3.63) is 83.2 Å². The average molecular weight is 804 g/mol. The molecular weight excluding hydrogens is 752 g/mol. The number of halogens is 6. The maximum absolute atomic E-state index is 14.6. The van der Waals surface area contributed by atoms with E-state index in [-0.39, 0.29) is 59.9 Å². The van der Waals surface area contributed by atoms with Gasteiger partial charge in [-0.1, -0.05) is 37.3 Å². The van der Waals surface area contributed by atoms with Crippen LogP contribution in [0.5, 0.6) is 0 Å². The predicted octanol–water partition coefficient (Wildman–Crippen LogP) is 8.50. The lowest BCUT2D eigenvalue weighted by Gasteiger charge is -2.49. The molecule has 0 bridgehead atoms. The van der Waals surface area contributed by atoms with Crippen LogP contribution in [-0.4, -0.2) is 77.8 Å². The van der Waals surface area contributed by atoms with Crippen LogP contribution in [0, 0.1) is 11.8 Å². The lowest BCUT2D eigenvalue weighted by Crippen LogP contribution is -2.59. The molecule has 0 N–H and O–H groups in total. The quantitative estimate of drug-likeness (QED) is 0.133. The van der Waals surface area contributed by atoms with Crippen molar-refractivity contribution in [2.24, 2.45) is 11.8 Å². The Morgan fingerprint density at radius 2 is 1.46 bits per heavy atom. The smallest absolute Gasteiger partial charge is 0.416 e. The number of piperidine rings is 1. The van der Waals surface area contributed by atoms with Gasteiger partial charge in [0, 0.05) is 50.1 Å². The second-order valence-electron chi connectivity index (χ2n) is 15.4. The van der Waals surface area contributed by atoms with Crippen LogP contribution in [0.25, 0.3) is 0 Å². The van der Waals surface area contributed by atoms with Crippen molar-refractivity contribution in [3.63, 3.8) is 0 Å². The van der Waals surface area contributed by atoms with Gasteiger partial charge in [0.15, 0.2) is 0 Å². The molecule has 1 saturated carbocycles. The van der Waals surface area contributed by atoms with Gasteiger partial charge in [-0.15, -0.1) is 0 Å². The van der Waals surface area contributed by atoms with E-state index in [1.165, 1.54) is 0 Å². The van der Waals surface area contributed by atoms with Crippen molar-refractivity contribution in [1.29, 1.82) is 0 Å². The number of amides is 1. The van der Waals surface area contributed by atoms with Gasteiger partial charge in [0.05, 0.1) is 49.0 Å². The van der Waals surface area contributed by atoms with E-state index < -0.39 is 29.5 Å². The number of carbonyl (C=O) groups excluding carboxylic acids is 2. The Morgan fingerprint density at radius 1 is 0.842 bits per heavy atom. The molecule has 6 rings (SSSR count). The monoisotopic (exact) mass is 803 g/mol. The third-order valence-corrected chi connectivity index (χ3v) is 11.6. The number of hydrogen-bond donors (Lipinski definition) is 0. The number of ether oxygens (including phenoxy) is 2. The summed E-state index contributed by atoms with van der Waals surface area (Å²) in [6.45, 7) is 6.06. The summed E-state index contributed by atoms with van der Waals surface area (Å²) in [5.41, 5.74) is -1.22. The Bertz CT molecular complexity index is 1750. The number of carbonyl (C=O) groups is 2. The Labute approximate surface area is 329 Å². The zero-order valence-electron chi connectivity index (χ0n) is 32.4. The van der Waals surface area contributed by atoms with E-state index in [2.05, 4.69) is 14.9 Å². The molecule has 3 aliphatic rings. The van der Waals surface area contributed by atoms with Crippen LogP contribution in [0.2, 0.25) is 0 Å². The number of likely N-dealkylation sites (tertiary alicyclic amines) is 1. The van der Waals surface area contributed by atoms with Gasteiger partial charge in [0.1, 0.15) is 0 Å². The van der Waals surface area contributed by atoms with Crippen molar-refractivity contribution < 1.29 is 45.4 Å². The lowest BCUT2D eigenvalue weighted by atomic mass is 9.78. The normalized spacial score (nSPS) is 23.3. The van der Waals surface area contributed by atoms with Gasteiger partial charge in [-0.2, -0.15) is 26.3 Å². The molecule has 0 radical (unpaired) electrons. The molecule has 2 aromatic carbocycles.